The first-order valence-electron chi connectivity index (χ1n) is 2.70. The minimum atomic E-state index is -2.01. The van der Waals surface area contributed by atoms with E-state index in [0.717, 1.165) is 6.92 Å². The van der Waals surface area contributed by atoms with E-state index < -0.39 is 18.3 Å². The highest BCUT2D eigenvalue weighted by Gasteiger charge is 2.19. The first kappa shape index (κ1) is 9.66. The van der Waals surface area contributed by atoms with Crippen LogP contribution in [-0.2, 0) is 4.79 Å². The van der Waals surface area contributed by atoms with Crippen molar-refractivity contribution in [3.05, 3.63) is 0 Å². The number of carbonyl (C=O) groups excluding carboxylic acids is 1. The van der Waals surface area contributed by atoms with Crippen molar-refractivity contribution in [1.82, 2.24) is 4.90 Å². The predicted octanol–water partition coefficient (Wildman–Crippen LogP) is -2.71. The fourth-order valence-electron chi connectivity index (χ4n) is 0.504. The van der Waals surface area contributed by atoms with Crippen molar-refractivity contribution in [2.75, 3.05) is 0 Å². The van der Waals surface area contributed by atoms with Crippen LogP contribution in [0.3, 0.4) is 0 Å². The van der Waals surface area contributed by atoms with Crippen molar-refractivity contribution < 1.29 is 15.0 Å². The molecule has 0 aliphatic rings. The van der Waals surface area contributed by atoms with E-state index in [2.05, 4.69) is 5.10 Å². The number of rotatable bonds is 1. The van der Waals surface area contributed by atoms with E-state index >= 15 is 0 Å². The van der Waals surface area contributed by atoms with Crippen LogP contribution in [0.5, 0.6) is 0 Å². The molecule has 0 unspecified atom stereocenters. The lowest BCUT2D eigenvalue weighted by molar-refractivity contribution is -0.157. The predicted molar refractivity (Wildman–Crippen MR) is 36.6 cm³/mol. The Bertz CT molecular complexity index is 178. The third kappa shape index (κ3) is 2.40. The molecule has 0 heterocycles. The summed E-state index contributed by atoms with van der Waals surface area (Å²) in [4.78, 5) is 11.0. The third-order valence-electron chi connectivity index (χ3n) is 0.949. The van der Waals surface area contributed by atoms with Crippen LogP contribution >= 0.6 is 0 Å². The molecule has 0 aromatic carbocycles. The van der Waals surface area contributed by atoms with Crippen molar-refractivity contribution >= 4 is 11.9 Å². The SMILES string of the molecule is CC(=O)N(/C(N)=N/N)C(O)O. The van der Waals surface area contributed by atoms with Gasteiger partial charge in [-0.2, -0.15) is 0 Å². The largest absolute Gasteiger partial charge is 0.368 e. The molecule has 6 N–H and O–H groups in total. The number of hydrogen-bond acceptors (Lipinski definition) is 5. The topological polar surface area (TPSA) is 125 Å². The average molecular weight is 162 g/mol. The quantitative estimate of drug-likeness (QED) is 0.110. The van der Waals surface area contributed by atoms with Crippen LogP contribution in [-0.4, -0.2) is 33.4 Å². The van der Waals surface area contributed by atoms with Crippen molar-refractivity contribution in [2.24, 2.45) is 16.7 Å². The second kappa shape index (κ2) is 3.74. The zero-order valence-corrected chi connectivity index (χ0v) is 5.93. The molecule has 0 spiro atoms. The van der Waals surface area contributed by atoms with Crippen molar-refractivity contribution in [2.45, 2.75) is 13.3 Å². The Morgan fingerprint density at radius 2 is 2.09 bits per heavy atom. The van der Waals surface area contributed by atoms with Gasteiger partial charge in [-0.05, 0) is 0 Å². The fraction of sp³-hybridized carbons (Fsp3) is 0.500. The van der Waals surface area contributed by atoms with Gasteiger partial charge in [-0.25, -0.2) is 4.90 Å². The number of aliphatic hydroxyl groups is 2. The molecule has 0 bridgehead atoms. The maximum absolute atomic E-state index is 10.6. The number of amides is 1. The summed E-state index contributed by atoms with van der Waals surface area (Å²) in [6, 6.07) is 0. The Labute approximate surface area is 62.9 Å². The summed E-state index contributed by atoms with van der Waals surface area (Å²) in [5.74, 6) is 3.58. The molecule has 0 aliphatic heterocycles. The van der Waals surface area contributed by atoms with Crippen LogP contribution in [0.25, 0.3) is 0 Å². The number of nitrogens with zero attached hydrogens (tertiary/aromatic N) is 2. The van der Waals surface area contributed by atoms with Gasteiger partial charge in [-0.15, -0.1) is 5.10 Å². The molecule has 7 heteroatoms. The Balaban J connectivity index is 4.48. The second-order valence-corrected chi connectivity index (χ2v) is 1.72. The van der Waals surface area contributed by atoms with Crippen molar-refractivity contribution in [3.8, 4) is 0 Å². The summed E-state index contributed by atoms with van der Waals surface area (Å²) in [6.07, 6.45) is -2.01. The molecular weight excluding hydrogens is 152 g/mol. The van der Waals surface area contributed by atoms with Crippen LogP contribution in [0, 0.1) is 0 Å². The lowest BCUT2D eigenvalue weighted by Gasteiger charge is -2.20. The third-order valence-corrected chi connectivity index (χ3v) is 0.949. The number of hydrazone groups is 1. The van der Waals surface area contributed by atoms with Crippen molar-refractivity contribution in [1.29, 1.82) is 0 Å². The van der Waals surface area contributed by atoms with Gasteiger partial charge in [-0.1, -0.05) is 0 Å². The molecule has 0 fully saturated rings. The maximum atomic E-state index is 10.6. The lowest BCUT2D eigenvalue weighted by atomic mass is 10.6. The Morgan fingerprint density at radius 3 is 2.18 bits per heavy atom. The highest BCUT2D eigenvalue weighted by atomic mass is 16.5. The number of carbonyl (C=O) groups is 1. The van der Waals surface area contributed by atoms with Gasteiger partial charge < -0.3 is 21.8 Å². The van der Waals surface area contributed by atoms with Gasteiger partial charge in [0.2, 0.25) is 18.3 Å². The smallest absolute Gasteiger partial charge is 0.244 e. The summed E-state index contributed by atoms with van der Waals surface area (Å²) < 4.78 is 0. The molecule has 0 atom stereocenters. The maximum Gasteiger partial charge on any atom is 0.244 e. The van der Waals surface area contributed by atoms with Gasteiger partial charge in [0, 0.05) is 6.92 Å². The number of hydrogen-bond donors (Lipinski definition) is 4. The standard InChI is InChI=1S/C4H10N4O3/c1-2(9)8(4(10)11)3(5)7-6/h4,10-11H,6H2,1H3,(H2,5,7). The van der Waals surface area contributed by atoms with Crippen LogP contribution in [0.4, 0.5) is 0 Å². The van der Waals surface area contributed by atoms with Gasteiger partial charge in [0.05, 0.1) is 0 Å². The highest BCUT2D eigenvalue weighted by Crippen LogP contribution is 1.91. The molecule has 0 rings (SSSR count). The first-order chi connectivity index (χ1) is 5.00. The van der Waals surface area contributed by atoms with E-state index in [0.29, 0.717) is 4.90 Å². The zero-order valence-electron chi connectivity index (χ0n) is 5.93. The van der Waals surface area contributed by atoms with E-state index in [9.17, 15) is 4.79 Å². The van der Waals surface area contributed by atoms with E-state index in [4.69, 9.17) is 21.8 Å². The van der Waals surface area contributed by atoms with Crippen LogP contribution in [0.1, 0.15) is 6.92 Å². The van der Waals surface area contributed by atoms with Gasteiger partial charge in [0.25, 0.3) is 0 Å². The molecule has 11 heavy (non-hydrogen) atoms. The van der Waals surface area contributed by atoms with E-state index in [1.165, 1.54) is 0 Å². The van der Waals surface area contributed by atoms with Crippen LogP contribution in [0.15, 0.2) is 5.10 Å². The van der Waals surface area contributed by atoms with E-state index in [-0.39, 0.29) is 0 Å². The summed E-state index contributed by atoms with van der Waals surface area (Å²) in [6.45, 7) is 1.09. The van der Waals surface area contributed by atoms with Gasteiger partial charge in [0.1, 0.15) is 0 Å². The molecule has 64 valence electrons. The molecule has 7 nitrogen and oxygen atoms in total. The second-order valence-electron chi connectivity index (χ2n) is 1.72. The van der Waals surface area contributed by atoms with Gasteiger partial charge in [0.15, 0.2) is 0 Å². The number of nitrogens with two attached hydrogens (primary N) is 2. The molecule has 0 aromatic heterocycles. The first-order valence-corrected chi connectivity index (χ1v) is 2.70. The average Bonchev–Trinajstić information content (AvgIpc) is 1.85. The summed E-state index contributed by atoms with van der Waals surface area (Å²) >= 11 is 0. The zero-order chi connectivity index (χ0) is 9.02. The Hall–Kier alpha value is -1.34. The summed E-state index contributed by atoms with van der Waals surface area (Å²) in [7, 11) is 0. The molecule has 0 radical (unpaired) electrons. The fourth-order valence-corrected chi connectivity index (χ4v) is 0.504. The number of guanidine groups is 1. The van der Waals surface area contributed by atoms with Crippen LogP contribution < -0.4 is 11.6 Å². The molecule has 0 aromatic rings. The minimum absolute atomic E-state index is 0.431. The highest BCUT2D eigenvalue weighted by molar-refractivity contribution is 5.95. The normalized spacial score (nSPS) is 11.8. The lowest BCUT2D eigenvalue weighted by Crippen LogP contribution is -2.47. The Morgan fingerprint density at radius 1 is 1.64 bits per heavy atom. The molecule has 0 saturated carbocycles. The molecular formula is C4H10N4O3. The number of aliphatic hydroxyl groups excluding tert-OH is 1. The van der Waals surface area contributed by atoms with Gasteiger partial charge in [-0.3, -0.25) is 4.79 Å². The van der Waals surface area contributed by atoms with Crippen LogP contribution in [0.2, 0.25) is 0 Å². The Kier molecular flexibility index (Phi) is 3.28. The van der Waals surface area contributed by atoms with E-state index in [1.54, 1.807) is 0 Å². The summed E-state index contributed by atoms with van der Waals surface area (Å²) in [5.41, 5.74) is 5.03. The molecule has 0 aliphatic carbocycles. The molecule has 1 amide bonds. The van der Waals surface area contributed by atoms with E-state index in [1.807, 2.05) is 0 Å². The van der Waals surface area contributed by atoms with Gasteiger partial charge >= 0.3 is 0 Å². The monoisotopic (exact) mass is 162 g/mol. The molecule has 0 saturated heterocycles. The van der Waals surface area contributed by atoms with Crippen molar-refractivity contribution in [3.63, 3.8) is 0 Å². The minimum Gasteiger partial charge on any atom is -0.368 e. The summed E-state index contributed by atoms with van der Waals surface area (Å²) in [5, 5.41) is 20.0.